The molecule has 0 bridgehead atoms. The van der Waals surface area contributed by atoms with Crippen molar-refractivity contribution in [2.45, 2.75) is 38.0 Å². The van der Waals surface area contributed by atoms with E-state index in [1.807, 2.05) is 13.8 Å². The Labute approximate surface area is 61.5 Å². The summed E-state index contributed by atoms with van der Waals surface area (Å²) in [5.41, 5.74) is 5.67. The van der Waals surface area contributed by atoms with Crippen LogP contribution < -0.4 is 10.9 Å². The molecule has 0 fully saturated rings. The van der Waals surface area contributed by atoms with Crippen molar-refractivity contribution in [1.29, 1.82) is 0 Å². The highest BCUT2D eigenvalue weighted by atomic mass is 32.2. The summed E-state index contributed by atoms with van der Waals surface area (Å²) in [6, 6.07) is 0. The van der Waals surface area contributed by atoms with Gasteiger partial charge in [-0.25, -0.2) is 0 Å². The maximum atomic E-state index is 5.74. The third-order valence-corrected chi connectivity index (χ3v) is 1.68. The fourth-order valence-electron chi connectivity index (χ4n) is 0.789. The van der Waals surface area contributed by atoms with Gasteiger partial charge in [0.2, 0.25) is 0 Å². The highest BCUT2D eigenvalue weighted by Gasteiger charge is 2.14. The van der Waals surface area contributed by atoms with E-state index in [4.69, 9.17) is 10.9 Å². The van der Waals surface area contributed by atoms with Crippen molar-refractivity contribution in [3.8, 4) is 0 Å². The second-order valence-corrected chi connectivity index (χ2v) is 4.22. The van der Waals surface area contributed by atoms with E-state index in [1.54, 1.807) is 0 Å². The lowest BCUT2D eigenvalue weighted by Crippen LogP contribution is -2.34. The molecule has 0 saturated carbocycles. The molecule has 0 heterocycles. The van der Waals surface area contributed by atoms with Crippen LogP contribution in [0, 0.1) is 0 Å². The molecule has 0 aromatic heterocycles. The zero-order valence-corrected chi connectivity index (χ0v) is 7.16. The molecular weight excluding hydrogens is 132 g/mol. The van der Waals surface area contributed by atoms with Crippen molar-refractivity contribution in [1.82, 2.24) is 0 Å². The smallest absolute Gasteiger partial charge is 0.0179 e. The van der Waals surface area contributed by atoms with Gasteiger partial charge in [-0.1, -0.05) is 18.9 Å². The van der Waals surface area contributed by atoms with Crippen LogP contribution in [0.4, 0.5) is 0 Å². The topological polar surface area (TPSA) is 52.0 Å². The number of hydrogen-bond donors (Lipinski definition) is 2. The van der Waals surface area contributed by atoms with Crippen LogP contribution >= 0.6 is 11.9 Å². The Kier molecular flexibility index (Phi) is 3.54. The van der Waals surface area contributed by atoms with Gasteiger partial charge < -0.3 is 5.73 Å². The van der Waals surface area contributed by atoms with Gasteiger partial charge in [0.15, 0.2) is 0 Å². The molecule has 1 atom stereocenters. The third-order valence-electron chi connectivity index (χ3n) is 1.05. The van der Waals surface area contributed by atoms with Gasteiger partial charge in [0, 0.05) is 10.8 Å². The molecule has 0 spiro atoms. The Bertz CT molecular complexity index is 77.6. The van der Waals surface area contributed by atoms with Crippen molar-refractivity contribution in [3.05, 3.63) is 0 Å². The molecule has 0 aromatic rings. The quantitative estimate of drug-likeness (QED) is 0.589. The molecule has 3 heteroatoms. The summed E-state index contributed by atoms with van der Waals surface area (Å²) in [6.45, 7) is 6.11. The fourth-order valence-corrected chi connectivity index (χ4v) is 1.31. The second kappa shape index (κ2) is 3.44. The minimum absolute atomic E-state index is 0.0776. The van der Waals surface area contributed by atoms with Crippen LogP contribution in [-0.2, 0) is 0 Å². The standard InChI is InChI=1S/C6H16N2S/c1-5(9-8)4-6(2,3)7/h5H,4,7-8H2,1-3H3. The highest BCUT2D eigenvalue weighted by molar-refractivity contribution is 7.97. The monoisotopic (exact) mass is 148 g/mol. The van der Waals surface area contributed by atoms with E-state index >= 15 is 0 Å². The third kappa shape index (κ3) is 6.15. The highest BCUT2D eigenvalue weighted by Crippen LogP contribution is 2.14. The average molecular weight is 148 g/mol. The van der Waals surface area contributed by atoms with Gasteiger partial charge in [0.1, 0.15) is 0 Å². The van der Waals surface area contributed by atoms with Gasteiger partial charge in [0.25, 0.3) is 0 Å². The molecule has 0 aromatic carbocycles. The first-order valence-electron chi connectivity index (χ1n) is 3.10. The summed E-state index contributed by atoms with van der Waals surface area (Å²) in [4.78, 5) is 0. The van der Waals surface area contributed by atoms with Gasteiger partial charge >= 0.3 is 0 Å². The molecule has 56 valence electrons. The number of rotatable bonds is 3. The molecule has 0 radical (unpaired) electrons. The second-order valence-electron chi connectivity index (χ2n) is 3.14. The van der Waals surface area contributed by atoms with Gasteiger partial charge in [-0.2, -0.15) is 0 Å². The van der Waals surface area contributed by atoms with Crippen molar-refractivity contribution in [2.75, 3.05) is 0 Å². The van der Waals surface area contributed by atoms with E-state index in [-0.39, 0.29) is 5.54 Å². The Morgan fingerprint density at radius 3 is 2.11 bits per heavy atom. The molecule has 0 saturated heterocycles. The molecule has 1 unspecified atom stereocenters. The van der Waals surface area contributed by atoms with Crippen LogP contribution in [0.15, 0.2) is 0 Å². The maximum Gasteiger partial charge on any atom is 0.0179 e. The molecule has 9 heavy (non-hydrogen) atoms. The fraction of sp³-hybridized carbons (Fsp3) is 1.00. The lowest BCUT2D eigenvalue weighted by molar-refractivity contribution is 0.476. The SMILES string of the molecule is CC(CC(C)(C)N)SN. The van der Waals surface area contributed by atoms with E-state index < -0.39 is 0 Å². The Morgan fingerprint density at radius 1 is 1.56 bits per heavy atom. The first-order chi connectivity index (χ1) is 3.95. The number of nitrogens with two attached hydrogens (primary N) is 2. The Balaban J connectivity index is 3.47. The van der Waals surface area contributed by atoms with Crippen molar-refractivity contribution in [2.24, 2.45) is 10.9 Å². The molecule has 4 N–H and O–H groups in total. The Morgan fingerprint density at radius 2 is 2.00 bits per heavy atom. The maximum absolute atomic E-state index is 5.74. The summed E-state index contributed by atoms with van der Waals surface area (Å²) in [7, 11) is 0. The molecule has 0 amide bonds. The first-order valence-corrected chi connectivity index (χ1v) is 4.04. The lowest BCUT2D eigenvalue weighted by atomic mass is 10.0. The zero-order valence-electron chi connectivity index (χ0n) is 6.35. The normalized spacial score (nSPS) is 15.7. The average Bonchev–Trinajstić information content (AvgIpc) is 1.62. The van der Waals surface area contributed by atoms with Crippen molar-refractivity contribution >= 4 is 11.9 Å². The van der Waals surface area contributed by atoms with Crippen LogP contribution in [0.25, 0.3) is 0 Å². The first kappa shape index (κ1) is 9.27. The van der Waals surface area contributed by atoms with Gasteiger partial charge in [-0.3, -0.25) is 5.14 Å². The lowest BCUT2D eigenvalue weighted by Gasteiger charge is -2.21. The van der Waals surface area contributed by atoms with Crippen molar-refractivity contribution < 1.29 is 0 Å². The van der Waals surface area contributed by atoms with E-state index in [9.17, 15) is 0 Å². The zero-order chi connectivity index (χ0) is 7.49. The summed E-state index contributed by atoms with van der Waals surface area (Å²) < 4.78 is 0. The largest absolute Gasteiger partial charge is 0.326 e. The molecule has 0 aliphatic carbocycles. The van der Waals surface area contributed by atoms with Gasteiger partial charge in [-0.05, 0) is 20.3 Å². The summed E-state index contributed by atoms with van der Waals surface area (Å²) in [5, 5.41) is 5.80. The molecule has 0 aliphatic heterocycles. The van der Waals surface area contributed by atoms with E-state index in [2.05, 4.69) is 6.92 Å². The van der Waals surface area contributed by atoms with Crippen LogP contribution in [0.2, 0.25) is 0 Å². The summed E-state index contributed by atoms with van der Waals surface area (Å²) in [5.74, 6) is 0. The van der Waals surface area contributed by atoms with Crippen LogP contribution in [0.3, 0.4) is 0 Å². The summed E-state index contributed by atoms with van der Waals surface area (Å²) >= 11 is 1.37. The van der Waals surface area contributed by atoms with Crippen LogP contribution in [-0.4, -0.2) is 10.8 Å². The van der Waals surface area contributed by atoms with Gasteiger partial charge in [0.05, 0.1) is 0 Å². The molecule has 2 nitrogen and oxygen atoms in total. The summed E-state index contributed by atoms with van der Waals surface area (Å²) in [6.07, 6.45) is 0.966. The molecular formula is C6H16N2S. The van der Waals surface area contributed by atoms with E-state index in [0.29, 0.717) is 5.25 Å². The minimum Gasteiger partial charge on any atom is -0.326 e. The minimum atomic E-state index is -0.0776. The molecule has 0 aliphatic rings. The predicted octanol–water partition coefficient (Wildman–Crippen LogP) is 1.11. The van der Waals surface area contributed by atoms with E-state index in [0.717, 1.165) is 6.42 Å². The van der Waals surface area contributed by atoms with Crippen LogP contribution in [0.5, 0.6) is 0 Å². The number of hydrogen-bond acceptors (Lipinski definition) is 3. The molecule has 0 rings (SSSR count). The van der Waals surface area contributed by atoms with E-state index in [1.165, 1.54) is 11.9 Å². The van der Waals surface area contributed by atoms with Gasteiger partial charge in [-0.15, -0.1) is 0 Å². The predicted molar refractivity (Wildman–Crippen MR) is 44.1 cm³/mol. The van der Waals surface area contributed by atoms with Crippen molar-refractivity contribution in [3.63, 3.8) is 0 Å². The Hall–Kier alpha value is 0.270. The van der Waals surface area contributed by atoms with Crippen LogP contribution in [0.1, 0.15) is 27.2 Å².